The molecule has 112 valence electrons. The van der Waals surface area contributed by atoms with Crippen LogP contribution < -0.4 is 5.32 Å². The van der Waals surface area contributed by atoms with Crippen molar-refractivity contribution in [3.8, 4) is 6.07 Å². The maximum atomic E-state index is 12.4. The van der Waals surface area contributed by atoms with E-state index in [1.165, 1.54) is 0 Å². The van der Waals surface area contributed by atoms with Gasteiger partial charge in [0.2, 0.25) is 0 Å². The van der Waals surface area contributed by atoms with Crippen molar-refractivity contribution in [1.82, 2.24) is 5.32 Å². The van der Waals surface area contributed by atoms with E-state index >= 15 is 0 Å². The molecule has 0 spiro atoms. The summed E-state index contributed by atoms with van der Waals surface area (Å²) in [5, 5.41) is 14.1. The fourth-order valence-electron chi connectivity index (χ4n) is 2.68. The van der Waals surface area contributed by atoms with E-state index in [2.05, 4.69) is 23.5 Å². The summed E-state index contributed by atoms with van der Waals surface area (Å²) in [4.78, 5) is 12.4. The largest absolute Gasteiger partial charge is 0.345 e. The molecule has 0 radical (unpaired) electrons. The Morgan fingerprint density at radius 1 is 1.00 bits per heavy atom. The number of hydrogen-bond acceptors (Lipinski definition) is 2. The van der Waals surface area contributed by atoms with Crippen LogP contribution in [0, 0.1) is 11.3 Å². The number of nitrogens with one attached hydrogen (secondary N) is 1. The maximum absolute atomic E-state index is 12.4. The van der Waals surface area contributed by atoms with Gasteiger partial charge in [-0.15, -0.1) is 0 Å². The average Bonchev–Trinajstić information content (AvgIpc) is 2.61. The third-order valence-electron chi connectivity index (χ3n) is 3.91. The van der Waals surface area contributed by atoms with Crippen LogP contribution in [0.2, 0.25) is 0 Å². The molecule has 3 rings (SSSR count). The third kappa shape index (κ3) is 3.07. The van der Waals surface area contributed by atoms with Gasteiger partial charge in [-0.3, -0.25) is 4.79 Å². The van der Waals surface area contributed by atoms with Crippen molar-refractivity contribution >= 4 is 16.7 Å². The van der Waals surface area contributed by atoms with Gasteiger partial charge in [-0.1, -0.05) is 42.5 Å². The van der Waals surface area contributed by atoms with Crippen LogP contribution in [0.3, 0.4) is 0 Å². The molecular weight excluding hydrogens is 284 g/mol. The Balaban J connectivity index is 1.84. The number of carbonyl (C=O) groups excluding carboxylic acids is 1. The van der Waals surface area contributed by atoms with Crippen molar-refractivity contribution in [3.63, 3.8) is 0 Å². The van der Waals surface area contributed by atoms with Crippen LogP contribution >= 0.6 is 0 Å². The number of nitriles is 1. The van der Waals surface area contributed by atoms with Crippen LogP contribution in [0.25, 0.3) is 10.8 Å². The molecular formula is C20H16N2O. The number of fused-ring (bicyclic) bond motifs is 1. The zero-order chi connectivity index (χ0) is 16.2. The highest BCUT2D eigenvalue weighted by atomic mass is 16.1. The molecule has 0 fully saturated rings. The van der Waals surface area contributed by atoms with E-state index < -0.39 is 0 Å². The number of carbonyl (C=O) groups is 1. The van der Waals surface area contributed by atoms with Gasteiger partial charge < -0.3 is 5.32 Å². The summed E-state index contributed by atoms with van der Waals surface area (Å²) >= 11 is 0. The Morgan fingerprint density at radius 3 is 2.43 bits per heavy atom. The van der Waals surface area contributed by atoms with Crippen LogP contribution in [0.4, 0.5) is 0 Å². The van der Waals surface area contributed by atoms with Gasteiger partial charge in [0.15, 0.2) is 0 Å². The predicted octanol–water partition coefficient (Wildman–Crippen LogP) is 4.20. The Hall–Kier alpha value is -3.12. The lowest BCUT2D eigenvalue weighted by Crippen LogP contribution is -2.26. The van der Waals surface area contributed by atoms with Crippen molar-refractivity contribution in [2.45, 2.75) is 13.0 Å². The minimum atomic E-state index is -0.144. The Bertz CT molecular complexity index is 886. The van der Waals surface area contributed by atoms with E-state index in [1.807, 2.05) is 37.3 Å². The topological polar surface area (TPSA) is 52.9 Å². The Labute approximate surface area is 135 Å². The van der Waals surface area contributed by atoms with Gasteiger partial charge in [0, 0.05) is 5.56 Å². The number of amides is 1. The van der Waals surface area contributed by atoms with Gasteiger partial charge in [-0.05, 0) is 47.5 Å². The van der Waals surface area contributed by atoms with Gasteiger partial charge in [-0.25, -0.2) is 0 Å². The lowest BCUT2D eigenvalue weighted by molar-refractivity contribution is 0.0940. The summed E-state index contributed by atoms with van der Waals surface area (Å²) < 4.78 is 0. The summed E-state index contributed by atoms with van der Waals surface area (Å²) in [7, 11) is 0. The molecule has 1 atom stereocenters. The van der Waals surface area contributed by atoms with E-state index in [-0.39, 0.29) is 11.9 Å². The molecule has 0 saturated carbocycles. The smallest absolute Gasteiger partial charge is 0.251 e. The molecule has 0 bridgehead atoms. The van der Waals surface area contributed by atoms with Gasteiger partial charge in [0.25, 0.3) is 5.91 Å². The molecule has 3 aromatic rings. The van der Waals surface area contributed by atoms with Gasteiger partial charge in [0.1, 0.15) is 0 Å². The predicted molar refractivity (Wildman–Crippen MR) is 91.0 cm³/mol. The lowest BCUT2D eigenvalue weighted by atomic mass is 9.99. The fraction of sp³-hybridized carbons (Fsp3) is 0.100. The summed E-state index contributed by atoms with van der Waals surface area (Å²) in [5.41, 5.74) is 2.19. The minimum absolute atomic E-state index is 0.107. The van der Waals surface area contributed by atoms with E-state index in [0.29, 0.717) is 11.1 Å². The van der Waals surface area contributed by atoms with Crippen LogP contribution in [-0.2, 0) is 0 Å². The standard InChI is InChI=1S/C20H16N2O/c1-14(18-8-4-6-16-5-2-3-7-19(16)18)22-20(23)17-11-9-15(13-21)10-12-17/h2-12,14H,1H3,(H,22,23). The molecule has 3 heteroatoms. The number of nitrogens with zero attached hydrogens (tertiary/aromatic N) is 1. The zero-order valence-corrected chi connectivity index (χ0v) is 12.8. The number of benzene rings is 3. The molecule has 0 saturated heterocycles. The molecule has 0 aliphatic rings. The number of hydrogen-bond donors (Lipinski definition) is 1. The first-order chi connectivity index (χ1) is 11.2. The van der Waals surface area contributed by atoms with Crippen molar-refractivity contribution in [2.24, 2.45) is 0 Å². The molecule has 0 aliphatic carbocycles. The molecule has 0 aromatic heterocycles. The second-order valence-corrected chi connectivity index (χ2v) is 5.45. The monoisotopic (exact) mass is 300 g/mol. The first-order valence-electron chi connectivity index (χ1n) is 7.48. The van der Waals surface area contributed by atoms with E-state index in [4.69, 9.17) is 5.26 Å². The van der Waals surface area contributed by atoms with Gasteiger partial charge >= 0.3 is 0 Å². The van der Waals surface area contributed by atoms with E-state index in [9.17, 15) is 4.79 Å². The first kappa shape index (κ1) is 14.8. The zero-order valence-electron chi connectivity index (χ0n) is 12.8. The molecule has 0 heterocycles. The summed E-state index contributed by atoms with van der Waals surface area (Å²) in [6.07, 6.45) is 0. The van der Waals surface area contributed by atoms with E-state index in [0.717, 1.165) is 16.3 Å². The van der Waals surface area contributed by atoms with Gasteiger partial charge in [0.05, 0.1) is 17.7 Å². The highest BCUT2D eigenvalue weighted by molar-refractivity contribution is 5.95. The molecule has 1 N–H and O–H groups in total. The maximum Gasteiger partial charge on any atom is 0.251 e. The van der Waals surface area contributed by atoms with Crippen molar-refractivity contribution in [1.29, 1.82) is 5.26 Å². The van der Waals surface area contributed by atoms with Crippen LogP contribution in [0.1, 0.15) is 34.5 Å². The highest BCUT2D eigenvalue weighted by Crippen LogP contribution is 2.24. The molecule has 23 heavy (non-hydrogen) atoms. The number of rotatable bonds is 3. The molecule has 3 nitrogen and oxygen atoms in total. The van der Waals surface area contributed by atoms with E-state index in [1.54, 1.807) is 24.3 Å². The Morgan fingerprint density at radius 2 is 1.70 bits per heavy atom. The SMILES string of the molecule is CC(NC(=O)c1ccc(C#N)cc1)c1cccc2ccccc12. The second-order valence-electron chi connectivity index (χ2n) is 5.45. The van der Waals surface area contributed by atoms with Crippen molar-refractivity contribution in [2.75, 3.05) is 0 Å². The molecule has 0 aliphatic heterocycles. The van der Waals surface area contributed by atoms with Gasteiger partial charge in [-0.2, -0.15) is 5.26 Å². The quantitative estimate of drug-likeness (QED) is 0.788. The highest BCUT2D eigenvalue weighted by Gasteiger charge is 2.13. The first-order valence-corrected chi connectivity index (χ1v) is 7.48. The minimum Gasteiger partial charge on any atom is -0.345 e. The summed E-state index contributed by atoms with van der Waals surface area (Å²) in [5.74, 6) is -0.144. The molecule has 1 unspecified atom stereocenters. The van der Waals surface area contributed by atoms with Crippen LogP contribution in [0.15, 0.2) is 66.7 Å². The molecule has 1 amide bonds. The molecule has 3 aromatic carbocycles. The normalized spacial score (nSPS) is 11.7. The van der Waals surface area contributed by atoms with Crippen LogP contribution in [-0.4, -0.2) is 5.91 Å². The second kappa shape index (κ2) is 6.33. The Kier molecular flexibility index (Phi) is 4.07. The lowest BCUT2D eigenvalue weighted by Gasteiger charge is -2.16. The van der Waals surface area contributed by atoms with Crippen LogP contribution in [0.5, 0.6) is 0 Å². The third-order valence-corrected chi connectivity index (χ3v) is 3.91. The van der Waals surface area contributed by atoms with Crippen molar-refractivity contribution < 1.29 is 4.79 Å². The fourth-order valence-corrected chi connectivity index (χ4v) is 2.68. The summed E-state index contributed by atoms with van der Waals surface area (Å²) in [6.45, 7) is 1.98. The van der Waals surface area contributed by atoms with Crippen molar-refractivity contribution in [3.05, 3.63) is 83.4 Å². The summed E-state index contributed by atoms with van der Waals surface area (Å²) in [6, 6.07) is 22.8. The average molecular weight is 300 g/mol.